The summed E-state index contributed by atoms with van der Waals surface area (Å²) in [6, 6.07) is 7.67. The van der Waals surface area contributed by atoms with Crippen molar-refractivity contribution in [1.29, 1.82) is 0 Å². The molecule has 0 amide bonds. The van der Waals surface area contributed by atoms with E-state index in [0.29, 0.717) is 0 Å². The summed E-state index contributed by atoms with van der Waals surface area (Å²) >= 11 is 0. The van der Waals surface area contributed by atoms with Crippen LogP contribution in [0.1, 0.15) is 0 Å². The Morgan fingerprint density at radius 2 is 1.86 bits per heavy atom. The number of thiol groups is 1. The van der Waals surface area contributed by atoms with Crippen molar-refractivity contribution in [3.63, 3.8) is 0 Å². The van der Waals surface area contributed by atoms with Gasteiger partial charge in [-0.15, -0.1) is 0 Å². The highest BCUT2D eigenvalue weighted by Crippen LogP contribution is 2.46. The fraction of sp³-hybridized carbons (Fsp3) is 0. The van der Waals surface area contributed by atoms with Crippen LogP contribution >= 0.6 is 10.9 Å². The van der Waals surface area contributed by atoms with Crippen LogP contribution in [0, 0.1) is 0 Å². The second-order valence-corrected chi connectivity index (χ2v) is 4.67. The SMILES string of the molecule is O=C=Nc1ccccc1[SH]1C=CC=C1. The monoisotopic (exact) mass is 203 g/mol. The molecule has 70 valence electrons. The number of rotatable bonds is 2. The number of carbonyl (C=O) groups excluding carboxylic acids is 1. The van der Waals surface area contributed by atoms with Gasteiger partial charge in [0.1, 0.15) is 0 Å². The van der Waals surface area contributed by atoms with Gasteiger partial charge in [-0.1, -0.05) is 24.3 Å². The van der Waals surface area contributed by atoms with Crippen molar-refractivity contribution in [1.82, 2.24) is 0 Å². The lowest BCUT2D eigenvalue weighted by Crippen LogP contribution is -1.75. The smallest absolute Gasteiger partial charge is 0.211 e. The first-order valence-electron chi connectivity index (χ1n) is 4.22. The zero-order chi connectivity index (χ0) is 9.80. The van der Waals surface area contributed by atoms with Gasteiger partial charge in [-0.25, -0.2) is 4.79 Å². The number of isocyanates is 1. The molecule has 2 rings (SSSR count). The minimum Gasteiger partial charge on any atom is -0.211 e. The molecule has 1 aromatic carbocycles. The molecule has 0 atom stereocenters. The molecule has 14 heavy (non-hydrogen) atoms. The zero-order valence-corrected chi connectivity index (χ0v) is 8.32. The van der Waals surface area contributed by atoms with Gasteiger partial charge in [-0.05, 0) is 22.9 Å². The van der Waals surface area contributed by atoms with Crippen LogP contribution in [0.15, 0.2) is 57.1 Å². The number of benzene rings is 1. The maximum Gasteiger partial charge on any atom is 0.240 e. The van der Waals surface area contributed by atoms with E-state index < -0.39 is 10.9 Å². The molecular formula is C11H9NOS. The Bertz CT molecular complexity index is 432. The standard InChI is InChI=1S/C11H9NOS/c13-9-12-10-5-1-2-6-11(10)14-7-3-4-8-14/h1-8,14H. The van der Waals surface area contributed by atoms with Gasteiger partial charge in [0, 0.05) is 4.90 Å². The van der Waals surface area contributed by atoms with Gasteiger partial charge in [-0.2, -0.15) is 15.9 Å². The summed E-state index contributed by atoms with van der Waals surface area (Å²) in [5.41, 5.74) is 0.727. The molecule has 0 fully saturated rings. The summed E-state index contributed by atoms with van der Waals surface area (Å²) in [6.07, 6.45) is 5.63. The third-order valence-electron chi connectivity index (χ3n) is 1.93. The van der Waals surface area contributed by atoms with Gasteiger partial charge in [0.15, 0.2) is 0 Å². The number of para-hydroxylation sites is 1. The molecule has 1 aromatic rings. The fourth-order valence-corrected chi connectivity index (χ4v) is 2.96. The Morgan fingerprint density at radius 1 is 1.14 bits per heavy atom. The van der Waals surface area contributed by atoms with E-state index in [1.807, 2.05) is 36.4 Å². The highest BCUT2D eigenvalue weighted by atomic mass is 32.2. The minimum atomic E-state index is -0.406. The first kappa shape index (κ1) is 9.00. The molecule has 2 nitrogen and oxygen atoms in total. The molecule has 0 N–H and O–H groups in total. The molecule has 0 aromatic heterocycles. The second-order valence-electron chi connectivity index (χ2n) is 2.78. The van der Waals surface area contributed by atoms with Crippen LogP contribution < -0.4 is 0 Å². The Kier molecular flexibility index (Phi) is 2.63. The minimum absolute atomic E-state index is 0.406. The molecule has 3 heteroatoms. The van der Waals surface area contributed by atoms with E-state index in [1.54, 1.807) is 6.08 Å². The summed E-state index contributed by atoms with van der Waals surface area (Å²) in [5.74, 6) is 0. The van der Waals surface area contributed by atoms with Crippen molar-refractivity contribution < 1.29 is 4.79 Å². The Balaban J connectivity index is 2.45. The van der Waals surface area contributed by atoms with Crippen molar-refractivity contribution in [2.45, 2.75) is 4.90 Å². The van der Waals surface area contributed by atoms with E-state index in [1.165, 1.54) is 0 Å². The molecular weight excluding hydrogens is 194 g/mol. The molecule has 0 unspecified atom stereocenters. The first-order chi connectivity index (χ1) is 6.92. The second kappa shape index (κ2) is 4.09. The molecule has 0 saturated heterocycles. The highest BCUT2D eigenvalue weighted by Gasteiger charge is 2.07. The highest BCUT2D eigenvalue weighted by molar-refractivity contribution is 8.22. The van der Waals surface area contributed by atoms with E-state index >= 15 is 0 Å². The number of hydrogen-bond acceptors (Lipinski definition) is 2. The van der Waals surface area contributed by atoms with Gasteiger partial charge >= 0.3 is 0 Å². The predicted octanol–water partition coefficient (Wildman–Crippen LogP) is 3.06. The van der Waals surface area contributed by atoms with E-state index in [4.69, 9.17) is 0 Å². The van der Waals surface area contributed by atoms with Crippen LogP contribution in [0.5, 0.6) is 0 Å². The molecule has 0 spiro atoms. The van der Waals surface area contributed by atoms with Crippen LogP contribution in [-0.4, -0.2) is 6.08 Å². The predicted molar refractivity (Wildman–Crippen MR) is 59.8 cm³/mol. The first-order valence-corrected chi connectivity index (χ1v) is 5.70. The molecule has 1 heterocycles. The van der Waals surface area contributed by atoms with Gasteiger partial charge in [0.25, 0.3) is 0 Å². The molecule has 1 aliphatic heterocycles. The van der Waals surface area contributed by atoms with Crippen molar-refractivity contribution in [3.05, 3.63) is 47.2 Å². The normalized spacial score (nSPS) is 15.6. The van der Waals surface area contributed by atoms with Crippen LogP contribution in [0.3, 0.4) is 0 Å². The quantitative estimate of drug-likeness (QED) is 0.447. The van der Waals surface area contributed by atoms with E-state index in [-0.39, 0.29) is 0 Å². The summed E-state index contributed by atoms with van der Waals surface area (Å²) in [4.78, 5) is 15.0. The molecule has 0 radical (unpaired) electrons. The van der Waals surface area contributed by atoms with Crippen molar-refractivity contribution in [2.75, 3.05) is 0 Å². The summed E-state index contributed by atoms with van der Waals surface area (Å²) in [5, 5.41) is 4.27. The molecule has 0 bridgehead atoms. The maximum absolute atomic E-state index is 10.2. The van der Waals surface area contributed by atoms with Gasteiger partial charge in [-0.3, -0.25) is 0 Å². The summed E-state index contributed by atoms with van der Waals surface area (Å²) in [7, 11) is -0.406. The van der Waals surface area contributed by atoms with Gasteiger partial charge < -0.3 is 0 Å². The largest absolute Gasteiger partial charge is 0.240 e. The van der Waals surface area contributed by atoms with Crippen LogP contribution in [0.25, 0.3) is 0 Å². The third-order valence-corrected chi connectivity index (χ3v) is 3.85. The van der Waals surface area contributed by atoms with Crippen LogP contribution in [0.4, 0.5) is 5.69 Å². The van der Waals surface area contributed by atoms with Crippen molar-refractivity contribution in [3.8, 4) is 0 Å². The number of hydrogen-bond donors (Lipinski definition) is 1. The van der Waals surface area contributed by atoms with Crippen molar-refractivity contribution in [2.24, 2.45) is 4.99 Å². The van der Waals surface area contributed by atoms with Gasteiger partial charge in [0.05, 0.1) is 5.69 Å². The maximum atomic E-state index is 10.2. The molecule has 1 aliphatic rings. The topological polar surface area (TPSA) is 29.4 Å². The summed E-state index contributed by atoms with van der Waals surface area (Å²) in [6.45, 7) is 0. The van der Waals surface area contributed by atoms with E-state index in [2.05, 4.69) is 15.8 Å². The molecule has 0 aliphatic carbocycles. The van der Waals surface area contributed by atoms with Crippen LogP contribution in [-0.2, 0) is 4.79 Å². The number of nitrogens with zero attached hydrogens (tertiary/aromatic N) is 1. The lowest BCUT2D eigenvalue weighted by molar-refractivity contribution is 0.565. The fourth-order valence-electron chi connectivity index (χ4n) is 1.32. The van der Waals surface area contributed by atoms with E-state index in [0.717, 1.165) is 10.6 Å². The molecule has 0 saturated carbocycles. The van der Waals surface area contributed by atoms with E-state index in [9.17, 15) is 4.79 Å². The van der Waals surface area contributed by atoms with Gasteiger partial charge in [0.2, 0.25) is 6.08 Å². The zero-order valence-electron chi connectivity index (χ0n) is 7.42. The Hall–Kier alpha value is -1.57. The number of allylic oxidation sites excluding steroid dienone is 2. The Morgan fingerprint density at radius 3 is 2.57 bits per heavy atom. The third kappa shape index (κ3) is 1.69. The number of aliphatic imine (C=N–C) groups is 1. The average molecular weight is 203 g/mol. The van der Waals surface area contributed by atoms with Crippen molar-refractivity contribution >= 4 is 22.7 Å². The average Bonchev–Trinajstić information content (AvgIpc) is 2.72. The summed E-state index contributed by atoms with van der Waals surface area (Å²) < 4.78 is 0. The lowest BCUT2D eigenvalue weighted by Gasteiger charge is -2.11. The van der Waals surface area contributed by atoms with Crippen LogP contribution in [0.2, 0.25) is 0 Å². The Labute approximate surface area is 85.0 Å². The lowest BCUT2D eigenvalue weighted by atomic mass is 10.3.